The highest BCUT2D eigenvalue weighted by Crippen LogP contribution is 2.28. The van der Waals surface area contributed by atoms with Gasteiger partial charge in [-0.1, -0.05) is 23.8 Å². The molecule has 2 aromatic rings. The fourth-order valence-electron chi connectivity index (χ4n) is 4.30. The van der Waals surface area contributed by atoms with Crippen molar-refractivity contribution in [1.82, 2.24) is 15.2 Å². The Morgan fingerprint density at radius 1 is 1.10 bits per heavy atom. The highest BCUT2D eigenvalue weighted by atomic mass is 16.2. The normalized spacial score (nSPS) is 19.5. The lowest BCUT2D eigenvalue weighted by Crippen LogP contribution is -2.45. The number of carbonyl (C=O) groups excluding carboxylic acids is 3. The second kappa shape index (κ2) is 9.29. The van der Waals surface area contributed by atoms with Gasteiger partial charge in [0.1, 0.15) is 0 Å². The Labute approximate surface area is 182 Å². The molecule has 7 nitrogen and oxygen atoms in total. The lowest BCUT2D eigenvalue weighted by molar-refractivity contribution is -0.139. The van der Waals surface area contributed by atoms with Crippen LogP contribution in [0.5, 0.6) is 0 Å². The number of piperidine rings is 1. The van der Waals surface area contributed by atoms with E-state index in [0.717, 1.165) is 16.8 Å². The van der Waals surface area contributed by atoms with E-state index in [-0.39, 0.29) is 36.0 Å². The molecule has 3 amide bonds. The fraction of sp³-hybridized carbons (Fsp3) is 0.417. The Balaban J connectivity index is 1.27. The molecule has 162 valence electrons. The van der Waals surface area contributed by atoms with E-state index in [9.17, 15) is 14.4 Å². The topological polar surface area (TPSA) is 82.6 Å². The SMILES string of the molecule is Cc1ccc(N2C[C@@H](C(=O)N3CCC(C(=O)NCc4cccnc4)CC3)CC2=O)cc1. The number of nitrogens with one attached hydrogen (secondary N) is 1. The van der Waals surface area contributed by atoms with Crippen LogP contribution in [0.3, 0.4) is 0 Å². The maximum Gasteiger partial charge on any atom is 0.228 e. The van der Waals surface area contributed by atoms with E-state index in [1.165, 1.54) is 0 Å². The summed E-state index contributed by atoms with van der Waals surface area (Å²) in [5.74, 6) is -0.360. The van der Waals surface area contributed by atoms with E-state index in [2.05, 4.69) is 10.3 Å². The molecule has 2 saturated heterocycles. The molecule has 0 radical (unpaired) electrons. The van der Waals surface area contributed by atoms with Crippen LogP contribution in [-0.2, 0) is 20.9 Å². The number of hydrogen-bond acceptors (Lipinski definition) is 4. The number of carbonyl (C=O) groups is 3. The van der Waals surface area contributed by atoms with Crippen molar-refractivity contribution in [3.8, 4) is 0 Å². The number of amides is 3. The van der Waals surface area contributed by atoms with Crippen molar-refractivity contribution in [2.75, 3.05) is 24.5 Å². The molecule has 0 aliphatic carbocycles. The molecule has 0 saturated carbocycles. The van der Waals surface area contributed by atoms with E-state index in [1.807, 2.05) is 48.2 Å². The van der Waals surface area contributed by atoms with E-state index in [0.29, 0.717) is 39.0 Å². The quantitative estimate of drug-likeness (QED) is 0.805. The number of nitrogens with zero attached hydrogens (tertiary/aromatic N) is 3. The number of aryl methyl sites for hydroxylation is 1. The predicted octanol–water partition coefficient (Wildman–Crippen LogP) is 2.30. The summed E-state index contributed by atoms with van der Waals surface area (Å²) in [6, 6.07) is 11.6. The summed E-state index contributed by atoms with van der Waals surface area (Å²) in [6.07, 6.45) is 4.98. The summed E-state index contributed by atoms with van der Waals surface area (Å²) in [6.45, 7) is 4.00. The fourth-order valence-corrected chi connectivity index (χ4v) is 4.30. The van der Waals surface area contributed by atoms with Gasteiger partial charge in [-0.15, -0.1) is 0 Å². The number of hydrogen-bond donors (Lipinski definition) is 1. The van der Waals surface area contributed by atoms with Gasteiger partial charge in [0.05, 0.1) is 5.92 Å². The van der Waals surface area contributed by atoms with E-state index >= 15 is 0 Å². The van der Waals surface area contributed by atoms with Crippen LogP contribution in [0.15, 0.2) is 48.8 Å². The predicted molar refractivity (Wildman–Crippen MR) is 117 cm³/mol. The molecule has 1 aromatic heterocycles. The van der Waals surface area contributed by atoms with E-state index < -0.39 is 0 Å². The monoisotopic (exact) mass is 420 g/mol. The van der Waals surface area contributed by atoms with Crippen LogP contribution in [0.4, 0.5) is 5.69 Å². The molecule has 0 bridgehead atoms. The zero-order chi connectivity index (χ0) is 21.8. The van der Waals surface area contributed by atoms with Crippen molar-refractivity contribution in [3.05, 3.63) is 59.9 Å². The van der Waals surface area contributed by atoms with Gasteiger partial charge in [0.25, 0.3) is 0 Å². The maximum atomic E-state index is 13.0. The average molecular weight is 421 g/mol. The van der Waals surface area contributed by atoms with Crippen LogP contribution in [0.1, 0.15) is 30.4 Å². The van der Waals surface area contributed by atoms with Crippen LogP contribution in [0.2, 0.25) is 0 Å². The Morgan fingerprint density at radius 2 is 1.84 bits per heavy atom. The van der Waals surface area contributed by atoms with Crippen molar-refractivity contribution in [2.24, 2.45) is 11.8 Å². The first-order chi connectivity index (χ1) is 15.0. The Kier molecular flexibility index (Phi) is 6.30. The molecule has 2 aliphatic rings. The Hall–Kier alpha value is -3.22. The van der Waals surface area contributed by atoms with Gasteiger partial charge in [-0.2, -0.15) is 0 Å². The molecule has 4 rings (SSSR count). The van der Waals surface area contributed by atoms with Crippen LogP contribution in [-0.4, -0.2) is 47.2 Å². The number of pyridine rings is 1. The standard InChI is InChI=1S/C24H28N4O3/c1-17-4-6-21(7-5-17)28-16-20(13-22(28)29)24(31)27-11-8-19(9-12-27)23(30)26-15-18-3-2-10-25-14-18/h2-7,10,14,19-20H,8-9,11-13,15-16H2,1H3,(H,26,30)/t20-/m0/s1. The van der Waals surface area contributed by atoms with Gasteiger partial charge in [0, 0.05) is 56.6 Å². The van der Waals surface area contributed by atoms with Gasteiger partial charge < -0.3 is 15.1 Å². The van der Waals surface area contributed by atoms with Gasteiger partial charge in [-0.25, -0.2) is 0 Å². The van der Waals surface area contributed by atoms with E-state index in [4.69, 9.17) is 0 Å². The van der Waals surface area contributed by atoms with Gasteiger partial charge in [-0.3, -0.25) is 19.4 Å². The van der Waals surface area contributed by atoms with Crippen molar-refractivity contribution < 1.29 is 14.4 Å². The highest BCUT2D eigenvalue weighted by molar-refractivity contribution is 6.00. The second-order valence-corrected chi connectivity index (χ2v) is 8.42. The van der Waals surface area contributed by atoms with E-state index in [1.54, 1.807) is 17.3 Å². The average Bonchev–Trinajstić information content (AvgIpc) is 3.20. The molecule has 1 aromatic carbocycles. The Bertz CT molecular complexity index is 937. The molecule has 1 N–H and O–H groups in total. The summed E-state index contributed by atoms with van der Waals surface area (Å²) in [4.78, 5) is 45.6. The summed E-state index contributed by atoms with van der Waals surface area (Å²) in [7, 11) is 0. The molecule has 31 heavy (non-hydrogen) atoms. The Morgan fingerprint density at radius 3 is 2.52 bits per heavy atom. The molecule has 1 atom stereocenters. The smallest absolute Gasteiger partial charge is 0.228 e. The number of rotatable bonds is 5. The van der Waals surface area contributed by atoms with Crippen molar-refractivity contribution >= 4 is 23.4 Å². The molecule has 7 heteroatoms. The minimum absolute atomic E-state index is 0.00753. The van der Waals surface area contributed by atoms with Gasteiger partial charge in [0.2, 0.25) is 17.7 Å². The summed E-state index contributed by atoms with van der Waals surface area (Å²) in [5.41, 5.74) is 2.94. The van der Waals surface area contributed by atoms with Gasteiger partial charge in [-0.05, 0) is 43.5 Å². The molecule has 3 heterocycles. The molecular formula is C24H28N4O3. The minimum atomic E-state index is -0.315. The van der Waals surface area contributed by atoms with Crippen molar-refractivity contribution in [2.45, 2.75) is 32.7 Å². The third-order valence-corrected chi connectivity index (χ3v) is 6.19. The van der Waals surface area contributed by atoms with Crippen LogP contribution in [0.25, 0.3) is 0 Å². The number of aromatic nitrogens is 1. The number of likely N-dealkylation sites (tertiary alicyclic amines) is 1. The number of anilines is 1. The first-order valence-corrected chi connectivity index (χ1v) is 10.8. The van der Waals surface area contributed by atoms with Crippen LogP contribution < -0.4 is 10.2 Å². The molecule has 0 unspecified atom stereocenters. The molecule has 0 spiro atoms. The first-order valence-electron chi connectivity index (χ1n) is 10.8. The lowest BCUT2D eigenvalue weighted by atomic mass is 9.94. The third kappa shape index (κ3) is 4.93. The lowest BCUT2D eigenvalue weighted by Gasteiger charge is -2.33. The van der Waals surface area contributed by atoms with Gasteiger partial charge >= 0.3 is 0 Å². The largest absolute Gasteiger partial charge is 0.352 e. The zero-order valence-corrected chi connectivity index (χ0v) is 17.8. The summed E-state index contributed by atoms with van der Waals surface area (Å²) in [5, 5.41) is 2.97. The van der Waals surface area contributed by atoms with Crippen molar-refractivity contribution in [1.29, 1.82) is 0 Å². The molecule has 2 fully saturated rings. The first kappa shape index (κ1) is 21.0. The number of benzene rings is 1. The summed E-state index contributed by atoms with van der Waals surface area (Å²) < 4.78 is 0. The van der Waals surface area contributed by atoms with Crippen LogP contribution >= 0.6 is 0 Å². The molecule has 2 aliphatic heterocycles. The van der Waals surface area contributed by atoms with Crippen LogP contribution in [0, 0.1) is 18.8 Å². The minimum Gasteiger partial charge on any atom is -0.352 e. The highest BCUT2D eigenvalue weighted by Gasteiger charge is 2.38. The third-order valence-electron chi connectivity index (χ3n) is 6.19. The van der Waals surface area contributed by atoms with Gasteiger partial charge in [0.15, 0.2) is 0 Å². The molecular weight excluding hydrogens is 392 g/mol. The summed E-state index contributed by atoms with van der Waals surface area (Å²) >= 11 is 0. The maximum absolute atomic E-state index is 13.0. The van der Waals surface area contributed by atoms with Crippen molar-refractivity contribution in [3.63, 3.8) is 0 Å². The zero-order valence-electron chi connectivity index (χ0n) is 17.8. The second-order valence-electron chi connectivity index (χ2n) is 8.42.